The average Bonchev–Trinajstić information content (AvgIpc) is 2.95. The van der Waals surface area contributed by atoms with E-state index in [-0.39, 0.29) is 18.3 Å². The number of carbonyl (C=O) groups excluding carboxylic acids is 1. The number of anilines is 1. The molecule has 104 valence electrons. The fourth-order valence-corrected chi connectivity index (χ4v) is 1.41. The molecule has 0 saturated carbocycles. The molecule has 0 atom stereocenters. The molecule has 0 fully saturated rings. The number of carboxylic acids is 1. The Kier molecular flexibility index (Phi) is 3.99. The van der Waals surface area contributed by atoms with Crippen molar-refractivity contribution in [3.05, 3.63) is 47.9 Å². The maximum Gasteiger partial charge on any atom is 0.417 e. The number of nitrogens with zero attached hydrogens (tertiary/aromatic N) is 2. The second kappa shape index (κ2) is 5.87. The van der Waals surface area contributed by atoms with E-state index in [0.29, 0.717) is 0 Å². The van der Waals surface area contributed by atoms with E-state index >= 15 is 0 Å². The van der Waals surface area contributed by atoms with E-state index in [4.69, 9.17) is 14.3 Å². The molecule has 1 amide bonds. The molecule has 0 spiro atoms. The normalized spacial score (nSPS) is 10.1. The van der Waals surface area contributed by atoms with Gasteiger partial charge in [0, 0.05) is 7.05 Å². The van der Waals surface area contributed by atoms with Crippen LogP contribution in [0.2, 0.25) is 0 Å². The summed E-state index contributed by atoms with van der Waals surface area (Å²) in [4.78, 5) is 27.1. The monoisotopic (exact) mass is 276 g/mol. The Balaban J connectivity index is 1.96. The van der Waals surface area contributed by atoms with Crippen LogP contribution in [0, 0.1) is 0 Å². The van der Waals surface area contributed by atoms with Crippen LogP contribution in [0.3, 0.4) is 0 Å². The van der Waals surface area contributed by atoms with E-state index in [1.807, 2.05) is 30.3 Å². The molecule has 7 heteroatoms. The number of ether oxygens (including phenoxy) is 1. The summed E-state index contributed by atoms with van der Waals surface area (Å²) >= 11 is 0. The summed E-state index contributed by atoms with van der Waals surface area (Å²) in [5.41, 5.74) is 0.565. The first kappa shape index (κ1) is 13.6. The molecule has 1 heterocycles. The molecule has 0 unspecified atom stereocenters. The Hall–Kier alpha value is -2.83. The number of hydrogen-bond acceptors (Lipinski definition) is 5. The highest BCUT2D eigenvalue weighted by Gasteiger charge is 2.19. The van der Waals surface area contributed by atoms with Crippen molar-refractivity contribution in [1.82, 2.24) is 4.98 Å². The number of amides is 1. The van der Waals surface area contributed by atoms with Gasteiger partial charge in [0.1, 0.15) is 12.9 Å². The molecule has 0 radical (unpaired) electrons. The largest absolute Gasteiger partial charge is 0.476 e. The van der Waals surface area contributed by atoms with Gasteiger partial charge in [-0.2, -0.15) is 4.98 Å². The lowest BCUT2D eigenvalue weighted by molar-refractivity contribution is 0.0690. The molecule has 2 rings (SSSR count). The number of carbonyl (C=O) groups is 2. The Morgan fingerprint density at radius 3 is 2.65 bits per heavy atom. The summed E-state index contributed by atoms with van der Waals surface area (Å²) < 4.78 is 9.95. The summed E-state index contributed by atoms with van der Waals surface area (Å²) in [7, 11) is 1.38. The van der Waals surface area contributed by atoms with Crippen LogP contribution >= 0.6 is 0 Å². The molecule has 0 aliphatic rings. The number of benzene rings is 1. The Morgan fingerprint density at radius 2 is 2.05 bits per heavy atom. The summed E-state index contributed by atoms with van der Waals surface area (Å²) in [6.07, 6.45) is 0.270. The standard InChI is InChI=1S/C13H12N2O5/c1-15(12-14-10(8-19-12)11(16)17)13(18)20-7-9-5-3-2-4-6-9/h2-6,8H,7H2,1H3,(H,16,17). The lowest BCUT2D eigenvalue weighted by Gasteiger charge is -2.12. The molecular weight excluding hydrogens is 264 g/mol. The topological polar surface area (TPSA) is 92.9 Å². The smallest absolute Gasteiger partial charge is 0.417 e. The van der Waals surface area contributed by atoms with Crippen LogP contribution in [-0.4, -0.2) is 29.2 Å². The molecular formula is C13H12N2O5. The van der Waals surface area contributed by atoms with E-state index < -0.39 is 12.1 Å². The van der Waals surface area contributed by atoms with Crippen LogP contribution in [0.5, 0.6) is 0 Å². The SMILES string of the molecule is CN(C(=O)OCc1ccccc1)c1nc(C(=O)O)co1. The fourth-order valence-electron chi connectivity index (χ4n) is 1.41. The van der Waals surface area contributed by atoms with Gasteiger partial charge in [0.05, 0.1) is 0 Å². The molecule has 1 N–H and O–H groups in total. The van der Waals surface area contributed by atoms with E-state index in [1.165, 1.54) is 7.05 Å². The van der Waals surface area contributed by atoms with Crippen LogP contribution < -0.4 is 4.90 Å². The number of oxazole rings is 1. The van der Waals surface area contributed by atoms with E-state index in [1.54, 1.807) is 0 Å². The highest BCUT2D eigenvalue weighted by molar-refractivity contribution is 5.87. The minimum absolute atomic E-state index is 0.108. The Labute approximate surface area is 114 Å². The number of aromatic carboxylic acids is 1. The molecule has 0 aliphatic carbocycles. The van der Waals surface area contributed by atoms with Gasteiger partial charge in [0.25, 0.3) is 0 Å². The summed E-state index contributed by atoms with van der Waals surface area (Å²) in [5, 5.41) is 8.71. The van der Waals surface area contributed by atoms with Crippen LogP contribution in [0.25, 0.3) is 0 Å². The molecule has 7 nitrogen and oxygen atoms in total. The second-order valence-electron chi connectivity index (χ2n) is 3.92. The number of rotatable bonds is 4. The van der Waals surface area contributed by atoms with E-state index in [9.17, 15) is 9.59 Å². The van der Waals surface area contributed by atoms with Crippen LogP contribution in [0.4, 0.5) is 10.8 Å². The highest BCUT2D eigenvalue weighted by atomic mass is 16.6. The van der Waals surface area contributed by atoms with Crippen LogP contribution in [-0.2, 0) is 11.3 Å². The van der Waals surface area contributed by atoms with Crippen molar-refractivity contribution in [2.45, 2.75) is 6.61 Å². The van der Waals surface area contributed by atoms with E-state index in [0.717, 1.165) is 16.7 Å². The van der Waals surface area contributed by atoms with Gasteiger partial charge in [0.15, 0.2) is 5.69 Å². The predicted octanol–water partition coefficient (Wildman–Crippen LogP) is 2.15. The lowest BCUT2D eigenvalue weighted by atomic mass is 10.2. The lowest BCUT2D eigenvalue weighted by Crippen LogP contribution is -2.27. The van der Waals surface area contributed by atoms with Gasteiger partial charge >= 0.3 is 18.1 Å². The first-order valence-electron chi connectivity index (χ1n) is 5.71. The summed E-state index contributed by atoms with van der Waals surface area (Å²) in [6.45, 7) is 0.108. The predicted molar refractivity (Wildman–Crippen MR) is 68.5 cm³/mol. The van der Waals surface area contributed by atoms with Gasteiger partial charge in [-0.3, -0.25) is 0 Å². The third-order valence-electron chi connectivity index (χ3n) is 2.48. The maximum absolute atomic E-state index is 11.8. The zero-order valence-electron chi connectivity index (χ0n) is 10.6. The quantitative estimate of drug-likeness (QED) is 0.919. The third kappa shape index (κ3) is 3.14. The molecule has 2 aromatic rings. The van der Waals surface area contributed by atoms with Gasteiger partial charge in [-0.15, -0.1) is 0 Å². The minimum Gasteiger partial charge on any atom is -0.476 e. The van der Waals surface area contributed by atoms with Crippen LogP contribution in [0.1, 0.15) is 16.1 Å². The van der Waals surface area contributed by atoms with Crippen molar-refractivity contribution in [3.63, 3.8) is 0 Å². The van der Waals surface area contributed by atoms with Crippen molar-refractivity contribution in [1.29, 1.82) is 0 Å². The fraction of sp³-hybridized carbons (Fsp3) is 0.154. The number of aromatic nitrogens is 1. The number of carboxylic acid groups (broad SMARTS) is 1. The number of hydrogen-bond donors (Lipinski definition) is 1. The van der Waals surface area contributed by atoms with E-state index in [2.05, 4.69) is 4.98 Å². The maximum atomic E-state index is 11.8. The van der Waals surface area contributed by atoms with Gasteiger partial charge in [-0.1, -0.05) is 30.3 Å². The van der Waals surface area contributed by atoms with Crippen molar-refractivity contribution in [3.8, 4) is 0 Å². The summed E-state index contributed by atoms with van der Waals surface area (Å²) in [5.74, 6) is -1.23. The van der Waals surface area contributed by atoms with Crippen molar-refractivity contribution in [2.24, 2.45) is 0 Å². The molecule has 1 aromatic heterocycles. The Morgan fingerprint density at radius 1 is 1.35 bits per heavy atom. The second-order valence-corrected chi connectivity index (χ2v) is 3.92. The first-order valence-corrected chi connectivity index (χ1v) is 5.71. The van der Waals surface area contributed by atoms with Gasteiger partial charge in [-0.25, -0.2) is 14.5 Å². The van der Waals surface area contributed by atoms with Gasteiger partial charge in [0.2, 0.25) is 0 Å². The molecule has 0 bridgehead atoms. The zero-order chi connectivity index (χ0) is 14.5. The highest BCUT2D eigenvalue weighted by Crippen LogP contribution is 2.13. The van der Waals surface area contributed by atoms with Crippen molar-refractivity contribution >= 4 is 18.1 Å². The molecule has 0 saturated heterocycles. The summed E-state index contributed by atoms with van der Waals surface area (Å²) in [6, 6.07) is 9.03. The van der Waals surface area contributed by atoms with Crippen LogP contribution in [0.15, 0.2) is 41.0 Å². The average molecular weight is 276 g/mol. The Bertz CT molecular complexity index is 608. The van der Waals surface area contributed by atoms with Crippen molar-refractivity contribution < 1.29 is 23.8 Å². The molecule has 0 aliphatic heterocycles. The third-order valence-corrected chi connectivity index (χ3v) is 2.48. The van der Waals surface area contributed by atoms with Gasteiger partial charge in [-0.05, 0) is 5.56 Å². The molecule has 1 aromatic carbocycles. The minimum atomic E-state index is -1.23. The van der Waals surface area contributed by atoms with Gasteiger partial charge < -0.3 is 14.3 Å². The molecule has 20 heavy (non-hydrogen) atoms. The zero-order valence-corrected chi connectivity index (χ0v) is 10.6. The first-order chi connectivity index (χ1) is 9.58. The van der Waals surface area contributed by atoms with Crippen molar-refractivity contribution in [2.75, 3.05) is 11.9 Å².